The highest BCUT2D eigenvalue weighted by Gasteiger charge is 2.29. The first-order valence-corrected chi connectivity index (χ1v) is 18.5. The number of carbonyl (C=O) groups excluding carboxylic acids is 4. The Morgan fingerprint density at radius 3 is 1.44 bits per heavy atom. The largest absolute Gasteiger partial charge is 0.481 e. The summed E-state index contributed by atoms with van der Waals surface area (Å²) in [4.78, 5) is 59.4. The van der Waals surface area contributed by atoms with Crippen LogP contribution in [0.3, 0.4) is 0 Å². The van der Waals surface area contributed by atoms with E-state index in [9.17, 15) is 34.2 Å². The summed E-state index contributed by atoms with van der Waals surface area (Å²) in [7, 11) is 0. The third kappa shape index (κ3) is 20.8. The zero-order valence-corrected chi connectivity index (χ0v) is 31.1. The van der Waals surface area contributed by atoms with Gasteiger partial charge in [0, 0.05) is 5.92 Å². The van der Waals surface area contributed by atoms with Crippen LogP contribution in [0.25, 0.3) is 0 Å². The lowest BCUT2D eigenvalue weighted by Crippen LogP contribution is -2.45. The SMILES string of the molecule is CC(=O)[C@H](CO)NC(=O)[C@H](CCCC1CCCCC1)CC(=O)OC(C)(C)C.CC(C)(C)OC(=O)C[C@@H](CCCC1CCCCC1)C(=O)O. The van der Waals surface area contributed by atoms with Gasteiger partial charge < -0.3 is 25.0 Å². The Morgan fingerprint density at radius 2 is 1.08 bits per heavy atom. The number of ketones is 1. The van der Waals surface area contributed by atoms with Gasteiger partial charge in [-0.1, -0.05) is 89.9 Å². The van der Waals surface area contributed by atoms with Crippen LogP contribution in [-0.2, 0) is 33.4 Å². The summed E-state index contributed by atoms with van der Waals surface area (Å²) in [6, 6.07) is -0.919. The van der Waals surface area contributed by atoms with E-state index in [2.05, 4.69) is 5.32 Å². The number of rotatable bonds is 17. The summed E-state index contributed by atoms with van der Waals surface area (Å²) in [6.07, 6.45) is 18.0. The first-order chi connectivity index (χ1) is 22.4. The fourth-order valence-corrected chi connectivity index (χ4v) is 6.63. The summed E-state index contributed by atoms with van der Waals surface area (Å²) in [5.74, 6) is -2.05. The van der Waals surface area contributed by atoms with E-state index < -0.39 is 53.6 Å². The molecular formula is C38H67NO9. The molecule has 0 heterocycles. The molecule has 2 rings (SSSR count). The van der Waals surface area contributed by atoms with Gasteiger partial charge in [-0.2, -0.15) is 0 Å². The number of esters is 2. The number of carbonyl (C=O) groups is 5. The van der Waals surface area contributed by atoms with E-state index in [1.54, 1.807) is 41.5 Å². The van der Waals surface area contributed by atoms with E-state index in [-0.39, 0.29) is 24.5 Å². The molecule has 0 spiro atoms. The number of aliphatic hydroxyl groups is 1. The fraction of sp³-hybridized carbons (Fsp3) is 0.868. The maximum absolute atomic E-state index is 12.6. The summed E-state index contributed by atoms with van der Waals surface area (Å²) >= 11 is 0. The molecule has 2 fully saturated rings. The van der Waals surface area contributed by atoms with Crippen molar-refractivity contribution in [2.24, 2.45) is 23.7 Å². The number of carboxylic acids is 1. The summed E-state index contributed by atoms with van der Waals surface area (Å²) < 4.78 is 10.6. The van der Waals surface area contributed by atoms with Crippen LogP contribution in [0.4, 0.5) is 0 Å². The molecule has 0 aliphatic heterocycles. The van der Waals surface area contributed by atoms with Gasteiger partial charge in [0.2, 0.25) is 5.91 Å². The minimum absolute atomic E-state index is 0.0101. The van der Waals surface area contributed by atoms with Gasteiger partial charge in [0.15, 0.2) is 5.78 Å². The van der Waals surface area contributed by atoms with Crippen LogP contribution in [0.5, 0.6) is 0 Å². The Balaban J connectivity index is 0.000000495. The van der Waals surface area contributed by atoms with Gasteiger partial charge in [0.25, 0.3) is 0 Å². The van der Waals surface area contributed by atoms with Crippen LogP contribution in [-0.4, -0.2) is 63.7 Å². The van der Waals surface area contributed by atoms with Crippen LogP contribution in [0, 0.1) is 23.7 Å². The second-order valence-corrected chi connectivity index (χ2v) is 16.0. The van der Waals surface area contributed by atoms with Crippen molar-refractivity contribution in [1.82, 2.24) is 5.32 Å². The van der Waals surface area contributed by atoms with E-state index in [1.165, 1.54) is 71.1 Å². The van der Waals surface area contributed by atoms with Crippen molar-refractivity contribution in [3.63, 3.8) is 0 Å². The molecule has 0 unspecified atom stereocenters. The summed E-state index contributed by atoms with van der Waals surface area (Å²) in [5, 5.41) is 21.1. The Hall–Kier alpha value is -2.49. The molecule has 0 aromatic heterocycles. The maximum Gasteiger partial charge on any atom is 0.307 e. The molecule has 0 aromatic rings. The van der Waals surface area contributed by atoms with Crippen molar-refractivity contribution in [2.75, 3.05) is 6.61 Å². The Bertz CT molecular complexity index is 985. The minimum atomic E-state index is -0.919. The lowest BCUT2D eigenvalue weighted by molar-refractivity contribution is -0.160. The Kier molecular flexibility index (Phi) is 20.2. The molecule has 0 aromatic carbocycles. The van der Waals surface area contributed by atoms with Gasteiger partial charge in [-0.15, -0.1) is 0 Å². The number of hydrogen-bond acceptors (Lipinski definition) is 8. The smallest absolute Gasteiger partial charge is 0.307 e. The second kappa shape index (κ2) is 22.3. The average molecular weight is 682 g/mol. The van der Waals surface area contributed by atoms with Crippen LogP contribution < -0.4 is 5.32 Å². The predicted octanol–water partition coefficient (Wildman–Crippen LogP) is 7.32. The first kappa shape index (κ1) is 43.5. The van der Waals surface area contributed by atoms with Gasteiger partial charge >= 0.3 is 17.9 Å². The minimum Gasteiger partial charge on any atom is -0.481 e. The lowest BCUT2D eigenvalue weighted by atomic mass is 9.84. The number of amides is 1. The van der Waals surface area contributed by atoms with Gasteiger partial charge in [0.1, 0.15) is 17.2 Å². The number of ether oxygens (including phenoxy) is 2. The number of hydrogen-bond donors (Lipinski definition) is 3. The number of aliphatic hydroxyl groups excluding tert-OH is 1. The van der Waals surface area contributed by atoms with E-state index in [0.717, 1.165) is 31.6 Å². The molecule has 2 aliphatic rings. The molecule has 10 heteroatoms. The molecule has 0 bridgehead atoms. The highest BCUT2D eigenvalue weighted by molar-refractivity contribution is 5.90. The van der Waals surface area contributed by atoms with Gasteiger partial charge in [-0.3, -0.25) is 24.0 Å². The molecule has 2 aliphatic carbocycles. The summed E-state index contributed by atoms with van der Waals surface area (Å²) in [6.45, 7) is 11.6. The monoisotopic (exact) mass is 681 g/mol. The zero-order chi connectivity index (χ0) is 36.3. The quantitative estimate of drug-likeness (QED) is 0.134. The number of nitrogens with one attached hydrogen (secondary N) is 1. The second-order valence-electron chi connectivity index (χ2n) is 16.0. The van der Waals surface area contributed by atoms with Gasteiger partial charge in [0.05, 0.1) is 25.4 Å². The molecule has 278 valence electrons. The summed E-state index contributed by atoms with van der Waals surface area (Å²) in [5.41, 5.74) is -1.16. The average Bonchev–Trinajstić information content (AvgIpc) is 2.98. The molecule has 2 saturated carbocycles. The lowest BCUT2D eigenvalue weighted by Gasteiger charge is -2.24. The highest BCUT2D eigenvalue weighted by atomic mass is 16.6. The van der Waals surface area contributed by atoms with Crippen LogP contribution in [0.2, 0.25) is 0 Å². The van der Waals surface area contributed by atoms with Crippen molar-refractivity contribution in [1.29, 1.82) is 0 Å². The predicted molar refractivity (Wildman–Crippen MR) is 186 cm³/mol. The van der Waals surface area contributed by atoms with Crippen LogP contribution in [0.1, 0.15) is 164 Å². The molecule has 1 amide bonds. The van der Waals surface area contributed by atoms with Crippen molar-refractivity contribution < 1.29 is 43.7 Å². The van der Waals surface area contributed by atoms with Crippen molar-refractivity contribution in [2.45, 2.75) is 181 Å². The number of Topliss-reactive ketones (excluding diaryl/α,β-unsaturated/α-hetero) is 1. The Labute approximate surface area is 289 Å². The van der Waals surface area contributed by atoms with E-state index in [0.29, 0.717) is 18.8 Å². The van der Waals surface area contributed by atoms with E-state index in [4.69, 9.17) is 9.47 Å². The normalized spacial score (nSPS) is 18.0. The molecule has 3 N–H and O–H groups in total. The topological polar surface area (TPSA) is 156 Å². The molecule has 0 saturated heterocycles. The fourth-order valence-electron chi connectivity index (χ4n) is 6.63. The number of aliphatic carboxylic acids is 1. The van der Waals surface area contributed by atoms with Crippen LogP contribution >= 0.6 is 0 Å². The standard InChI is InChI=1S/C21H37NO5.C17H30O4/c1-15(24)18(14-23)22-20(26)17(13-19(25)27-21(2,3)4)12-8-11-16-9-6-5-7-10-16;1-17(2,3)21-15(18)12-14(16(19)20)11-7-10-13-8-5-4-6-9-13/h16-18,23H,5-14H2,1-4H3,(H,22,26);13-14H,4-12H2,1-3H3,(H,19,20)/t17-,18+;14-/m11/s1. The molecule has 10 nitrogen and oxygen atoms in total. The van der Waals surface area contributed by atoms with E-state index in [1.807, 2.05) is 0 Å². The number of carboxylic acid groups (broad SMARTS) is 1. The van der Waals surface area contributed by atoms with Crippen molar-refractivity contribution >= 4 is 29.6 Å². The van der Waals surface area contributed by atoms with Gasteiger partial charge in [-0.05, 0) is 73.1 Å². The third-order valence-corrected chi connectivity index (χ3v) is 9.16. The molecular weight excluding hydrogens is 614 g/mol. The third-order valence-electron chi connectivity index (χ3n) is 9.16. The zero-order valence-electron chi connectivity index (χ0n) is 31.1. The molecule has 0 radical (unpaired) electrons. The highest BCUT2D eigenvalue weighted by Crippen LogP contribution is 2.30. The van der Waals surface area contributed by atoms with Crippen molar-refractivity contribution in [3.05, 3.63) is 0 Å². The van der Waals surface area contributed by atoms with Crippen LogP contribution in [0.15, 0.2) is 0 Å². The van der Waals surface area contributed by atoms with Gasteiger partial charge in [-0.25, -0.2) is 0 Å². The first-order valence-electron chi connectivity index (χ1n) is 18.5. The molecule has 48 heavy (non-hydrogen) atoms. The molecule has 3 atom stereocenters. The maximum atomic E-state index is 12.6. The van der Waals surface area contributed by atoms with Crippen molar-refractivity contribution in [3.8, 4) is 0 Å². The Morgan fingerprint density at radius 1 is 0.688 bits per heavy atom. The van der Waals surface area contributed by atoms with E-state index >= 15 is 0 Å².